The van der Waals surface area contributed by atoms with Crippen molar-refractivity contribution in [3.8, 4) is 11.3 Å². The molecule has 0 spiro atoms. The quantitative estimate of drug-likeness (QED) is 0.803. The molecule has 3 N–H and O–H groups in total. The second kappa shape index (κ2) is 6.59. The zero-order valence-corrected chi connectivity index (χ0v) is 17.1. The highest BCUT2D eigenvalue weighted by atomic mass is 35.5. The molecule has 2 aromatic rings. The highest BCUT2D eigenvalue weighted by Gasteiger charge is 2.47. The van der Waals surface area contributed by atoms with Gasteiger partial charge in [0.1, 0.15) is 11.3 Å². The summed E-state index contributed by atoms with van der Waals surface area (Å²) in [6.07, 6.45) is 3.16. The molecule has 5 nitrogen and oxygen atoms in total. The first-order valence-electron chi connectivity index (χ1n) is 9.30. The van der Waals surface area contributed by atoms with Gasteiger partial charge in [-0.05, 0) is 45.6 Å². The van der Waals surface area contributed by atoms with Crippen molar-refractivity contribution in [1.82, 2.24) is 9.97 Å². The summed E-state index contributed by atoms with van der Waals surface area (Å²) in [5.74, 6) is 0.768. The molecule has 7 heteroatoms. The lowest BCUT2D eigenvalue weighted by Crippen LogP contribution is -2.49. The number of rotatable bonds is 3. The van der Waals surface area contributed by atoms with E-state index in [1.165, 1.54) is 0 Å². The topological polar surface area (TPSA) is 75.3 Å². The number of nitrogens with two attached hydrogens (primary N) is 1. The number of anilines is 1. The molecule has 1 aliphatic heterocycles. The number of aliphatic hydroxyl groups is 1. The normalized spacial score (nSPS) is 20.6. The van der Waals surface area contributed by atoms with Crippen LogP contribution in [0.15, 0.2) is 18.2 Å². The van der Waals surface area contributed by atoms with Crippen molar-refractivity contribution in [3.05, 3.63) is 39.6 Å². The Hall–Kier alpha value is -1.40. The molecule has 1 aromatic heterocycles. The lowest BCUT2D eigenvalue weighted by Gasteiger charge is -2.38. The minimum absolute atomic E-state index is 0.149. The van der Waals surface area contributed by atoms with E-state index in [9.17, 15) is 5.11 Å². The van der Waals surface area contributed by atoms with E-state index in [4.69, 9.17) is 38.9 Å². The molecule has 144 valence electrons. The molecule has 1 aliphatic carbocycles. The molecule has 1 saturated carbocycles. The average molecular weight is 407 g/mol. The SMILES string of the molecule is Cc1nc(N2CCC(C)(N)CC2)c(C2(O)CC2)nc1-c1cccc(Cl)c1Cl. The molecule has 1 saturated heterocycles. The summed E-state index contributed by atoms with van der Waals surface area (Å²) >= 11 is 12.6. The van der Waals surface area contributed by atoms with Crippen LogP contribution in [0, 0.1) is 6.92 Å². The molecule has 4 rings (SSSR count). The standard InChI is InChI=1S/C20H24Cl2N4O/c1-12-16(13-4-3-5-14(21)15(13)22)25-17(20(27)6-7-20)18(24-12)26-10-8-19(2,23)9-11-26/h3-5,27H,6-11,23H2,1-2H3. The van der Waals surface area contributed by atoms with Crippen LogP contribution in [-0.4, -0.2) is 33.7 Å². The number of hydrogen-bond donors (Lipinski definition) is 2. The van der Waals surface area contributed by atoms with E-state index >= 15 is 0 Å². The Kier molecular flexibility index (Phi) is 4.62. The van der Waals surface area contributed by atoms with Crippen LogP contribution < -0.4 is 10.6 Å². The summed E-state index contributed by atoms with van der Waals surface area (Å²) in [4.78, 5) is 11.9. The molecule has 1 aromatic carbocycles. The zero-order valence-electron chi connectivity index (χ0n) is 15.6. The summed E-state index contributed by atoms with van der Waals surface area (Å²) in [5.41, 5.74) is 8.03. The van der Waals surface area contributed by atoms with E-state index in [1.807, 2.05) is 19.1 Å². The smallest absolute Gasteiger partial charge is 0.153 e. The maximum absolute atomic E-state index is 10.9. The van der Waals surface area contributed by atoms with Crippen molar-refractivity contribution in [3.63, 3.8) is 0 Å². The summed E-state index contributed by atoms with van der Waals surface area (Å²) in [5, 5.41) is 11.8. The molecular formula is C20H24Cl2N4O. The third-order valence-corrected chi connectivity index (χ3v) is 6.45. The zero-order chi connectivity index (χ0) is 19.4. The highest BCUT2D eigenvalue weighted by molar-refractivity contribution is 6.43. The van der Waals surface area contributed by atoms with Crippen LogP contribution in [0.1, 0.15) is 44.0 Å². The first kappa shape index (κ1) is 18.9. The van der Waals surface area contributed by atoms with Crippen molar-refractivity contribution >= 4 is 29.0 Å². The van der Waals surface area contributed by atoms with E-state index in [2.05, 4.69) is 11.8 Å². The largest absolute Gasteiger partial charge is 0.383 e. The van der Waals surface area contributed by atoms with Gasteiger partial charge in [0.2, 0.25) is 0 Å². The van der Waals surface area contributed by atoms with Crippen molar-refractivity contribution < 1.29 is 5.11 Å². The molecule has 2 heterocycles. The van der Waals surface area contributed by atoms with E-state index in [1.54, 1.807) is 6.07 Å². The number of nitrogens with zero attached hydrogens (tertiary/aromatic N) is 3. The van der Waals surface area contributed by atoms with Crippen LogP contribution in [-0.2, 0) is 5.60 Å². The van der Waals surface area contributed by atoms with Crippen LogP contribution in [0.4, 0.5) is 5.82 Å². The van der Waals surface area contributed by atoms with Crippen LogP contribution >= 0.6 is 23.2 Å². The Morgan fingerprint density at radius 1 is 1.11 bits per heavy atom. The van der Waals surface area contributed by atoms with Crippen molar-refractivity contribution in [2.75, 3.05) is 18.0 Å². The van der Waals surface area contributed by atoms with Gasteiger partial charge in [-0.2, -0.15) is 0 Å². The molecule has 0 bridgehead atoms. The predicted molar refractivity (Wildman–Crippen MR) is 109 cm³/mol. The second-order valence-corrected chi connectivity index (χ2v) is 8.89. The molecule has 2 fully saturated rings. The molecule has 0 amide bonds. The number of aromatic nitrogens is 2. The third kappa shape index (κ3) is 3.54. The minimum Gasteiger partial charge on any atom is -0.383 e. The monoisotopic (exact) mass is 406 g/mol. The van der Waals surface area contributed by atoms with Crippen LogP contribution in [0.5, 0.6) is 0 Å². The fourth-order valence-corrected chi connectivity index (χ4v) is 3.96. The van der Waals surface area contributed by atoms with E-state index < -0.39 is 5.60 Å². The first-order chi connectivity index (χ1) is 12.7. The molecule has 0 atom stereocenters. The fraction of sp³-hybridized carbons (Fsp3) is 0.500. The average Bonchev–Trinajstić information content (AvgIpc) is 3.36. The van der Waals surface area contributed by atoms with Crippen LogP contribution in [0.25, 0.3) is 11.3 Å². The Labute approximate surface area is 169 Å². The summed E-state index contributed by atoms with van der Waals surface area (Å²) in [6.45, 7) is 5.62. The third-order valence-electron chi connectivity index (χ3n) is 5.63. The predicted octanol–water partition coefficient (Wildman–Crippen LogP) is 4.06. The lowest BCUT2D eigenvalue weighted by molar-refractivity contribution is 0.146. The molecular weight excluding hydrogens is 383 g/mol. The Bertz CT molecular complexity index is 886. The van der Waals surface area contributed by atoms with Gasteiger partial charge in [-0.25, -0.2) is 9.97 Å². The van der Waals surface area contributed by atoms with Gasteiger partial charge in [-0.1, -0.05) is 35.3 Å². The van der Waals surface area contributed by atoms with E-state index in [-0.39, 0.29) is 5.54 Å². The number of aryl methyl sites for hydroxylation is 1. The minimum atomic E-state index is -0.903. The van der Waals surface area contributed by atoms with Gasteiger partial charge in [0.15, 0.2) is 5.82 Å². The van der Waals surface area contributed by atoms with E-state index in [0.717, 1.165) is 43.0 Å². The fourth-order valence-electron chi connectivity index (χ4n) is 3.57. The maximum Gasteiger partial charge on any atom is 0.153 e. The van der Waals surface area contributed by atoms with Gasteiger partial charge < -0.3 is 15.7 Å². The summed E-state index contributed by atoms with van der Waals surface area (Å²) in [6, 6.07) is 5.47. The Morgan fingerprint density at radius 3 is 2.41 bits per heavy atom. The molecule has 27 heavy (non-hydrogen) atoms. The molecule has 2 aliphatic rings. The number of halogens is 2. The maximum atomic E-state index is 10.9. The van der Waals surface area contributed by atoms with Crippen molar-refractivity contribution in [1.29, 1.82) is 0 Å². The van der Waals surface area contributed by atoms with Gasteiger partial charge >= 0.3 is 0 Å². The Morgan fingerprint density at radius 2 is 1.78 bits per heavy atom. The molecule has 0 radical (unpaired) electrons. The summed E-state index contributed by atoms with van der Waals surface area (Å²) < 4.78 is 0. The van der Waals surface area contributed by atoms with Gasteiger partial charge in [0.25, 0.3) is 0 Å². The number of hydrogen-bond acceptors (Lipinski definition) is 5. The Balaban J connectivity index is 1.80. The lowest BCUT2D eigenvalue weighted by atomic mass is 9.91. The van der Waals surface area contributed by atoms with Crippen molar-refractivity contribution in [2.24, 2.45) is 5.73 Å². The van der Waals surface area contributed by atoms with Gasteiger partial charge in [-0.15, -0.1) is 0 Å². The van der Waals surface area contributed by atoms with Crippen LogP contribution in [0.3, 0.4) is 0 Å². The second-order valence-electron chi connectivity index (χ2n) is 8.10. The van der Waals surface area contributed by atoms with Gasteiger partial charge in [0, 0.05) is 24.2 Å². The van der Waals surface area contributed by atoms with Crippen LogP contribution in [0.2, 0.25) is 10.0 Å². The number of piperidine rings is 1. The van der Waals surface area contributed by atoms with E-state index in [0.29, 0.717) is 34.3 Å². The highest BCUT2D eigenvalue weighted by Crippen LogP contribution is 2.49. The summed E-state index contributed by atoms with van der Waals surface area (Å²) in [7, 11) is 0. The number of benzene rings is 1. The van der Waals surface area contributed by atoms with Crippen molar-refractivity contribution in [2.45, 2.75) is 50.7 Å². The molecule has 0 unspecified atom stereocenters. The first-order valence-corrected chi connectivity index (χ1v) is 10.1. The van der Waals surface area contributed by atoms with Gasteiger partial charge in [-0.3, -0.25) is 0 Å². The van der Waals surface area contributed by atoms with Gasteiger partial charge in [0.05, 0.1) is 21.4 Å².